The van der Waals surface area contributed by atoms with E-state index in [0.29, 0.717) is 3.57 Å². The Bertz CT molecular complexity index is 440. The minimum Gasteiger partial charge on any atom is -0.295 e. The Labute approximate surface area is 108 Å². The van der Waals surface area contributed by atoms with Crippen LogP contribution in [0, 0.1) is 15.9 Å². The molecule has 0 spiro atoms. The number of thiol groups is 1. The highest BCUT2D eigenvalue weighted by Crippen LogP contribution is 2.47. The summed E-state index contributed by atoms with van der Waals surface area (Å²) in [6, 6.07) is 0. The van der Waals surface area contributed by atoms with Crippen molar-refractivity contribution in [1.29, 1.82) is 0 Å². The van der Waals surface area contributed by atoms with E-state index >= 15 is 0 Å². The van der Waals surface area contributed by atoms with E-state index in [2.05, 4.69) is 17.6 Å². The molecule has 82 valence electrons. The number of halogens is 1. The Morgan fingerprint density at radius 2 is 2.33 bits per heavy atom. The minimum atomic E-state index is 0.0798. The van der Waals surface area contributed by atoms with Crippen molar-refractivity contribution in [3.63, 3.8) is 0 Å². The normalized spacial score (nSPS) is 17.8. The Hall–Kier alpha value is -0.0400. The Balaban J connectivity index is 2.36. The second-order valence-corrected chi connectivity index (χ2v) is 5.68. The summed E-state index contributed by atoms with van der Waals surface area (Å²) in [5, 5.41) is 0. The number of rotatable bonds is 3. The molecule has 3 nitrogen and oxygen atoms in total. The van der Waals surface area contributed by atoms with Gasteiger partial charge in [0.25, 0.3) is 5.56 Å². The fourth-order valence-electron chi connectivity index (χ4n) is 1.62. The minimum absolute atomic E-state index is 0.0798. The summed E-state index contributed by atoms with van der Waals surface area (Å²) in [6.07, 6.45) is 3.98. The first-order valence-electron chi connectivity index (χ1n) is 4.91. The summed E-state index contributed by atoms with van der Waals surface area (Å²) >= 11 is 6.39. The summed E-state index contributed by atoms with van der Waals surface area (Å²) < 4.78 is 2.47. The van der Waals surface area contributed by atoms with Gasteiger partial charge in [-0.25, -0.2) is 4.98 Å². The topological polar surface area (TPSA) is 34.9 Å². The second kappa shape index (κ2) is 4.08. The molecule has 1 aromatic heterocycles. The van der Waals surface area contributed by atoms with Gasteiger partial charge in [-0.3, -0.25) is 9.36 Å². The molecule has 0 atom stereocenters. The van der Waals surface area contributed by atoms with E-state index in [-0.39, 0.29) is 11.0 Å². The van der Waals surface area contributed by atoms with Gasteiger partial charge in [-0.15, -0.1) is 0 Å². The van der Waals surface area contributed by atoms with Gasteiger partial charge < -0.3 is 0 Å². The Morgan fingerprint density at radius 3 is 2.87 bits per heavy atom. The lowest BCUT2D eigenvalue weighted by atomic mass is 10.1. The third-order valence-corrected chi connectivity index (χ3v) is 4.40. The summed E-state index contributed by atoms with van der Waals surface area (Å²) in [7, 11) is 0. The van der Waals surface area contributed by atoms with Crippen LogP contribution in [0.4, 0.5) is 0 Å². The maximum absolute atomic E-state index is 11.9. The first-order chi connectivity index (χ1) is 7.08. The van der Waals surface area contributed by atoms with E-state index in [1.807, 2.05) is 29.5 Å². The van der Waals surface area contributed by atoms with Crippen LogP contribution in [-0.2, 0) is 6.54 Å². The molecule has 1 saturated carbocycles. The van der Waals surface area contributed by atoms with Gasteiger partial charge in [-0.05, 0) is 53.5 Å². The van der Waals surface area contributed by atoms with Crippen molar-refractivity contribution in [2.45, 2.75) is 26.3 Å². The maximum Gasteiger partial charge on any atom is 0.266 e. The summed E-state index contributed by atoms with van der Waals surface area (Å²) in [4.78, 5) is 16.1. The van der Waals surface area contributed by atoms with Gasteiger partial charge in [0.1, 0.15) is 5.82 Å². The molecule has 1 aliphatic carbocycles. The van der Waals surface area contributed by atoms with Crippen molar-refractivity contribution in [3.8, 4) is 0 Å². The largest absolute Gasteiger partial charge is 0.295 e. The molecule has 0 radical (unpaired) electrons. The molecule has 1 aromatic rings. The van der Waals surface area contributed by atoms with Crippen LogP contribution in [0.15, 0.2) is 11.0 Å². The van der Waals surface area contributed by atoms with Gasteiger partial charge in [-0.2, -0.15) is 12.6 Å². The van der Waals surface area contributed by atoms with Crippen molar-refractivity contribution in [1.82, 2.24) is 9.55 Å². The van der Waals surface area contributed by atoms with E-state index in [1.54, 1.807) is 10.8 Å². The average molecular weight is 336 g/mol. The zero-order chi connectivity index (χ0) is 11.1. The van der Waals surface area contributed by atoms with Gasteiger partial charge >= 0.3 is 0 Å². The average Bonchev–Trinajstić information content (AvgIpc) is 3.00. The summed E-state index contributed by atoms with van der Waals surface area (Å²) in [5.74, 6) is 1.65. The highest BCUT2D eigenvalue weighted by Gasteiger charge is 2.42. The molecule has 0 aliphatic heterocycles. The van der Waals surface area contributed by atoms with Crippen molar-refractivity contribution < 1.29 is 0 Å². The van der Waals surface area contributed by atoms with Crippen LogP contribution in [-0.4, -0.2) is 15.3 Å². The van der Waals surface area contributed by atoms with E-state index in [9.17, 15) is 4.79 Å². The third kappa shape index (κ3) is 2.22. The molecular weight excluding hydrogens is 323 g/mol. The molecule has 0 saturated heterocycles. The zero-order valence-corrected chi connectivity index (χ0v) is 11.6. The smallest absolute Gasteiger partial charge is 0.266 e. The van der Waals surface area contributed by atoms with Crippen molar-refractivity contribution in [3.05, 3.63) is 25.9 Å². The first-order valence-corrected chi connectivity index (χ1v) is 6.62. The first kappa shape index (κ1) is 11.4. The van der Waals surface area contributed by atoms with Crippen molar-refractivity contribution in [2.24, 2.45) is 5.41 Å². The molecule has 1 fully saturated rings. The Kier molecular flexibility index (Phi) is 3.12. The highest BCUT2D eigenvalue weighted by molar-refractivity contribution is 14.1. The molecule has 0 N–H and O–H groups in total. The molecule has 0 amide bonds. The lowest BCUT2D eigenvalue weighted by Gasteiger charge is -2.15. The van der Waals surface area contributed by atoms with Crippen LogP contribution in [0.25, 0.3) is 0 Å². The lowest BCUT2D eigenvalue weighted by molar-refractivity contribution is 0.449. The predicted octanol–water partition coefficient (Wildman–Crippen LogP) is 1.87. The van der Waals surface area contributed by atoms with Gasteiger partial charge in [0, 0.05) is 12.7 Å². The molecule has 15 heavy (non-hydrogen) atoms. The number of hydrogen-bond acceptors (Lipinski definition) is 3. The number of aryl methyl sites for hydroxylation is 1. The zero-order valence-electron chi connectivity index (χ0n) is 8.53. The predicted molar refractivity (Wildman–Crippen MR) is 71.5 cm³/mol. The number of hydrogen-bond donors (Lipinski definition) is 1. The molecular formula is C10H13IN2OS. The van der Waals surface area contributed by atoms with E-state index in [1.165, 1.54) is 12.8 Å². The fraction of sp³-hybridized carbons (Fsp3) is 0.600. The summed E-state index contributed by atoms with van der Waals surface area (Å²) in [6.45, 7) is 2.65. The second-order valence-electron chi connectivity index (χ2n) is 4.20. The monoisotopic (exact) mass is 336 g/mol. The molecule has 2 rings (SSSR count). The third-order valence-electron chi connectivity index (χ3n) is 2.99. The van der Waals surface area contributed by atoms with Crippen LogP contribution in [0.3, 0.4) is 0 Å². The lowest BCUT2D eigenvalue weighted by Crippen LogP contribution is -2.29. The van der Waals surface area contributed by atoms with Gasteiger partial charge in [-0.1, -0.05) is 0 Å². The van der Waals surface area contributed by atoms with E-state index in [4.69, 9.17) is 0 Å². The van der Waals surface area contributed by atoms with Crippen molar-refractivity contribution in [2.75, 3.05) is 5.75 Å². The molecule has 0 bridgehead atoms. The van der Waals surface area contributed by atoms with Gasteiger partial charge in [0.15, 0.2) is 0 Å². The Morgan fingerprint density at radius 1 is 1.67 bits per heavy atom. The highest BCUT2D eigenvalue weighted by atomic mass is 127. The van der Waals surface area contributed by atoms with E-state index < -0.39 is 0 Å². The van der Waals surface area contributed by atoms with Gasteiger partial charge in [0.05, 0.1) is 3.57 Å². The van der Waals surface area contributed by atoms with Crippen LogP contribution in [0.2, 0.25) is 0 Å². The van der Waals surface area contributed by atoms with Crippen LogP contribution < -0.4 is 5.56 Å². The fourth-order valence-corrected chi connectivity index (χ4v) is 2.46. The van der Waals surface area contributed by atoms with Crippen LogP contribution in [0.5, 0.6) is 0 Å². The molecule has 5 heteroatoms. The van der Waals surface area contributed by atoms with E-state index in [0.717, 1.165) is 18.1 Å². The maximum atomic E-state index is 11.9. The number of nitrogens with zero attached hydrogens (tertiary/aromatic N) is 2. The van der Waals surface area contributed by atoms with Crippen LogP contribution >= 0.6 is 35.2 Å². The SMILES string of the molecule is Cc1ncc(I)c(=O)n1CC1(CS)CC1. The summed E-state index contributed by atoms with van der Waals surface area (Å²) in [5.41, 5.74) is 0.334. The van der Waals surface area contributed by atoms with Crippen molar-refractivity contribution >= 4 is 35.2 Å². The molecule has 1 heterocycles. The molecule has 1 aliphatic rings. The quantitative estimate of drug-likeness (QED) is 0.676. The molecule has 0 aromatic carbocycles. The standard InChI is InChI=1S/C10H13IN2OS/c1-7-12-4-8(11)9(14)13(7)5-10(6-15)2-3-10/h4,15H,2-3,5-6H2,1H3. The van der Waals surface area contributed by atoms with Crippen LogP contribution in [0.1, 0.15) is 18.7 Å². The molecule has 0 unspecified atom stereocenters. The number of aromatic nitrogens is 2. The van der Waals surface area contributed by atoms with Gasteiger partial charge in [0.2, 0.25) is 0 Å².